The van der Waals surface area contributed by atoms with Gasteiger partial charge in [0, 0.05) is 69.3 Å². The summed E-state index contributed by atoms with van der Waals surface area (Å²) in [6.07, 6.45) is 6.75. The highest BCUT2D eigenvalue weighted by Gasteiger charge is 2.27. The first-order valence-corrected chi connectivity index (χ1v) is 12.5. The van der Waals surface area contributed by atoms with Crippen LogP contribution in [-0.4, -0.2) is 49.6 Å². The summed E-state index contributed by atoms with van der Waals surface area (Å²) < 4.78 is 0.973. The molecule has 4 rings (SSSR count). The molecule has 2 aromatic carbocycles. The number of allylic oxidation sites excluding steroid dienone is 2. The molecule has 0 aliphatic rings. The SMILES string of the molecule is CN(C)/C=C/C(=O)c1sc2sc(C(=O)/C=C/N(C)C)c(-c3ccccc3)c2c1-c1ccccc1. The minimum Gasteiger partial charge on any atom is -0.383 e. The predicted octanol–water partition coefficient (Wildman–Crippen LogP) is 6.81. The summed E-state index contributed by atoms with van der Waals surface area (Å²) in [7, 11) is 7.56. The van der Waals surface area contributed by atoms with Gasteiger partial charge in [0.15, 0.2) is 11.6 Å². The van der Waals surface area contributed by atoms with E-state index >= 15 is 0 Å². The number of thiophene rings is 2. The molecule has 0 saturated carbocycles. The lowest BCUT2D eigenvalue weighted by Crippen LogP contribution is -2.03. The maximum atomic E-state index is 13.3. The maximum absolute atomic E-state index is 13.3. The summed E-state index contributed by atoms with van der Waals surface area (Å²) in [5.41, 5.74) is 3.71. The highest BCUT2D eigenvalue weighted by Crippen LogP contribution is 2.50. The van der Waals surface area contributed by atoms with Gasteiger partial charge in [0.2, 0.25) is 0 Å². The number of ketones is 2. The van der Waals surface area contributed by atoms with Gasteiger partial charge in [-0.15, -0.1) is 22.7 Å². The molecule has 4 nitrogen and oxygen atoms in total. The summed E-state index contributed by atoms with van der Waals surface area (Å²) in [5, 5.41) is 0.968. The van der Waals surface area contributed by atoms with Crippen LogP contribution < -0.4 is 0 Å². The van der Waals surface area contributed by atoms with Crippen molar-refractivity contribution in [3.05, 3.63) is 95.0 Å². The number of benzene rings is 2. The fraction of sp³-hybridized carbons (Fsp3) is 0.143. The minimum atomic E-state index is -0.0413. The average molecular weight is 487 g/mol. The lowest BCUT2D eigenvalue weighted by atomic mass is 9.95. The fourth-order valence-electron chi connectivity index (χ4n) is 3.66. The summed E-state index contributed by atoms with van der Waals surface area (Å²) in [5.74, 6) is -0.0827. The zero-order valence-corrected chi connectivity index (χ0v) is 21.2. The third-order valence-corrected chi connectivity index (χ3v) is 7.67. The molecule has 34 heavy (non-hydrogen) atoms. The monoisotopic (exact) mass is 486 g/mol. The van der Waals surface area contributed by atoms with Crippen molar-refractivity contribution in [3.63, 3.8) is 0 Å². The zero-order valence-electron chi connectivity index (χ0n) is 19.6. The van der Waals surface area contributed by atoms with Gasteiger partial charge in [-0.3, -0.25) is 9.59 Å². The molecule has 2 aromatic heterocycles. The van der Waals surface area contributed by atoms with E-state index in [4.69, 9.17) is 0 Å². The molecule has 4 aromatic rings. The second kappa shape index (κ2) is 10.2. The number of carbonyl (C=O) groups is 2. The molecule has 0 N–H and O–H groups in total. The van der Waals surface area contributed by atoms with Crippen molar-refractivity contribution in [1.82, 2.24) is 9.80 Å². The second-order valence-corrected chi connectivity index (χ2v) is 10.6. The highest BCUT2D eigenvalue weighted by atomic mass is 32.2. The van der Waals surface area contributed by atoms with Crippen LogP contribution in [0.1, 0.15) is 19.3 Å². The second-order valence-electron chi connectivity index (χ2n) is 8.29. The minimum absolute atomic E-state index is 0.0413. The van der Waals surface area contributed by atoms with E-state index in [2.05, 4.69) is 0 Å². The summed E-state index contributed by atoms with van der Waals surface area (Å²) in [6, 6.07) is 19.9. The number of carbonyl (C=O) groups excluding carboxylic acids is 2. The topological polar surface area (TPSA) is 40.6 Å². The molecule has 172 valence electrons. The van der Waals surface area contributed by atoms with Crippen LogP contribution in [0.15, 0.2) is 85.2 Å². The smallest absolute Gasteiger partial charge is 0.197 e. The van der Waals surface area contributed by atoms with E-state index in [0.717, 1.165) is 31.7 Å². The number of hydrogen-bond donors (Lipinski definition) is 0. The molecule has 6 heteroatoms. The van der Waals surface area contributed by atoms with Crippen molar-refractivity contribution >= 4 is 43.6 Å². The quantitative estimate of drug-likeness (QED) is 0.203. The van der Waals surface area contributed by atoms with Crippen molar-refractivity contribution < 1.29 is 9.59 Å². The van der Waals surface area contributed by atoms with E-state index in [1.165, 1.54) is 22.7 Å². The van der Waals surface area contributed by atoms with Crippen molar-refractivity contribution in [2.75, 3.05) is 28.2 Å². The number of rotatable bonds is 8. The summed E-state index contributed by atoms with van der Waals surface area (Å²) in [4.78, 5) is 31.6. The number of fused-ring (bicyclic) bond motifs is 1. The molecule has 0 saturated heterocycles. The van der Waals surface area contributed by atoms with Crippen molar-refractivity contribution in [3.8, 4) is 22.3 Å². The first-order chi connectivity index (χ1) is 16.4. The van der Waals surface area contributed by atoms with E-state index in [9.17, 15) is 9.59 Å². The Morgan fingerprint density at radius 2 is 1.03 bits per heavy atom. The van der Waals surface area contributed by atoms with Gasteiger partial charge >= 0.3 is 0 Å². The molecule has 2 heterocycles. The first kappa shape index (κ1) is 23.7. The van der Waals surface area contributed by atoms with E-state index in [1.54, 1.807) is 24.6 Å². The highest BCUT2D eigenvalue weighted by molar-refractivity contribution is 7.40. The third-order valence-electron chi connectivity index (χ3n) is 5.17. The van der Waals surface area contributed by atoms with Crippen LogP contribution in [-0.2, 0) is 0 Å². The number of nitrogens with zero attached hydrogens (tertiary/aromatic N) is 2. The average Bonchev–Trinajstić information content (AvgIpc) is 3.38. The molecule has 0 bridgehead atoms. The van der Waals surface area contributed by atoms with Crippen molar-refractivity contribution in [2.45, 2.75) is 0 Å². The number of hydrogen-bond acceptors (Lipinski definition) is 6. The van der Waals surface area contributed by atoms with Gasteiger partial charge in [0.05, 0.1) is 13.8 Å². The maximum Gasteiger partial charge on any atom is 0.197 e. The lowest BCUT2D eigenvalue weighted by Gasteiger charge is -2.08. The first-order valence-electron chi connectivity index (χ1n) is 10.8. The standard InChI is InChI=1S/C28H26N2O2S2/c1-29(2)17-15-21(31)26-23(19-11-7-5-8-12-19)25-24(20-13-9-6-10-14-20)27(34-28(25)33-26)22(32)16-18-30(3)4/h5-18H,1-4H3/b17-15+,18-16+. The van der Waals surface area contributed by atoms with E-state index < -0.39 is 0 Å². The van der Waals surface area contributed by atoms with Crippen LogP contribution in [0.3, 0.4) is 0 Å². The molecule has 0 spiro atoms. The Morgan fingerprint density at radius 1 is 0.647 bits per heavy atom. The van der Waals surface area contributed by atoms with Gasteiger partial charge in [-0.1, -0.05) is 60.7 Å². The van der Waals surface area contributed by atoms with Crippen LogP contribution in [0.4, 0.5) is 0 Å². The lowest BCUT2D eigenvalue weighted by molar-refractivity contribution is 0.104. The molecule has 0 fully saturated rings. The Morgan fingerprint density at radius 3 is 1.38 bits per heavy atom. The van der Waals surface area contributed by atoms with Crippen LogP contribution in [0.5, 0.6) is 0 Å². The van der Waals surface area contributed by atoms with Gasteiger partial charge in [-0.25, -0.2) is 0 Å². The van der Waals surface area contributed by atoms with Crippen LogP contribution in [0.2, 0.25) is 0 Å². The third kappa shape index (κ3) is 4.88. The van der Waals surface area contributed by atoms with Gasteiger partial charge in [0.25, 0.3) is 0 Å². The molecule has 0 atom stereocenters. The van der Waals surface area contributed by atoms with E-state index in [0.29, 0.717) is 9.75 Å². The van der Waals surface area contributed by atoms with Crippen LogP contribution >= 0.6 is 22.7 Å². The molecular formula is C28H26N2O2S2. The Bertz CT molecular complexity index is 1280. The summed E-state index contributed by atoms with van der Waals surface area (Å²) in [6.45, 7) is 0. The molecule has 0 amide bonds. The molecule has 0 aliphatic heterocycles. The van der Waals surface area contributed by atoms with E-state index in [-0.39, 0.29) is 11.6 Å². The Hall–Kier alpha value is -3.48. The van der Waals surface area contributed by atoms with Crippen LogP contribution in [0.25, 0.3) is 31.7 Å². The molecule has 0 aliphatic carbocycles. The Balaban J connectivity index is 2.04. The van der Waals surface area contributed by atoms with Crippen molar-refractivity contribution in [2.24, 2.45) is 0 Å². The normalized spacial score (nSPS) is 11.5. The Kier molecular flexibility index (Phi) is 7.10. The van der Waals surface area contributed by atoms with Gasteiger partial charge < -0.3 is 9.80 Å². The van der Waals surface area contributed by atoms with Crippen LogP contribution in [0, 0.1) is 0 Å². The van der Waals surface area contributed by atoms with Gasteiger partial charge in [0.1, 0.15) is 0 Å². The zero-order chi connectivity index (χ0) is 24.2. The largest absolute Gasteiger partial charge is 0.383 e. The van der Waals surface area contributed by atoms with E-state index in [1.807, 2.05) is 98.7 Å². The molecule has 0 unspecified atom stereocenters. The van der Waals surface area contributed by atoms with Crippen molar-refractivity contribution in [1.29, 1.82) is 0 Å². The Labute approximate surface area is 208 Å². The molecule has 0 radical (unpaired) electrons. The molecular weight excluding hydrogens is 460 g/mol. The predicted molar refractivity (Wildman–Crippen MR) is 145 cm³/mol. The van der Waals surface area contributed by atoms with Gasteiger partial charge in [-0.05, 0) is 11.1 Å². The van der Waals surface area contributed by atoms with Gasteiger partial charge in [-0.2, -0.15) is 0 Å². The fourth-order valence-corrected chi connectivity index (χ4v) is 6.29. The summed E-state index contributed by atoms with van der Waals surface area (Å²) >= 11 is 2.92.